The Bertz CT molecular complexity index is 738. The fraction of sp³-hybridized carbons (Fsp3) is 0.385. The van der Waals surface area contributed by atoms with E-state index in [9.17, 15) is 0 Å². The summed E-state index contributed by atoms with van der Waals surface area (Å²) < 4.78 is 0. The zero-order chi connectivity index (χ0) is 22.1. The van der Waals surface area contributed by atoms with E-state index in [4.69, 9.17) is 0 Å². The zero-order valence-electron chi connectivity index (χ0n) is 18.6. The molecule has 0 N–H and O–H groups in total. The highest BCUT2D eigenvalue weighted by Gasteiger charge is 2.19. The summed E-state index contributed by atoms with van der Waals surface area (Å²) in [5.74, 6) is 6.92. The molecule has 0 saturated heterocycles. The predicted molar refractivity (Wildman–Crippen MR) is 137 cm³/mol. The van der Waals surface area contributed by atoms with E-state index in [2.05, 4.69) is 76.0 Å². The normalized spacial score (nSPS) is 15.9. The summed E-state index contributed by atoms with van der Waals surface area (Å²) in [7, 11) is 4.53. The topological polar surface area (TPSA) is 24.7 Å². The highest BCUT2D eigenvalue weighted by atomic mass is 31.0. The van der Waals surface area contributed by atoms with Crippen molar-refractivity contribution in [3.63, 3.8) is 0 Å². The molecule has 4 unspecified atom stereocenters. The first-order chi connectivity index (χ1) is 13.9. The molecule has 0 aromatic rings. The summed E-state index contributed by atoms with van der Waals surface area (Å²) in [6.45, 7) is 18.5. The maximum absolute atomic E-state index is 4.65. The van der Waals surface area contributed by atoms with Crippen molar-refractivity contribution >= 4 is 20.9 Å². The van der Waals surface area contributed by atoms with Crippen molar-refractivity contribution < 1.29 is 0 Å². The van der Waals surface area contributed by atoms with E-state index in [0.717, 1.165) is 36.0 Å². The molecular formula is C26H37N2P. The molecule has 0 aliphatic rings. The Kier molecular flexibility index (Phi) is 15.4. The van der Waals surface area contributed by atoms with Crippen LogP contribution in [-0.2, 0) is 0 Å². The Balaban J connectivity index is 4.97. The summed E-state index contributed by atoms with van der Waals surface area (Å²) in [5.41, 5.74) is 3.22. The first kappa shape index (κ1) is 26.8. The molecular weight excluding hydrogens is 371 g/mol. The van der Waals surface area contributed by atoms with Crippen molar-refractivity contribution in [1.82, 2.24) is 0 Å². The van der Waals surface area contributed by atoms with Gasteiger partial charge in [-0.05, 0) is 31.8 Å². The van der Waals surface area contributed by atoms with Crippen molar-refractivity contribution in [2.75, 3.05) is 13.6 Å². The lowest BCUT2D eigenvalue weighted by molar-refractivity contribution is 0.478. The maximum atomic E-state index is 4.65. The summed E-state index contributed by atoms with van der Waals surface area (Å²) in [6.07, 6.45) is 17.9. The van der Waals surface area contributed by atoms with Gasteiger partial charge in [-0.3, -0.25) is 9.98 Å². The number of aliphatic imine (C=N–C) groups is 2. The third-order valence-corrected chi connectivity index (χ3v) is 4.83. The fourth-order valence-corrected chi connectivity index (χ4v) is 3.00. The summed E-state index contributed by atoms with van der Waals surface area (Å²) in [4.78, 5) is 8.84. The van der Waals surface area contributed by atoms with Crippen LogP contribution in [0.5, 0.6) is 0 Å². The van der Waals surface area contributed by atoms with E-state index in [-0.39, 0.29) is 11.8 Å². The maximum Gasteiger partial charge on any atom is 0.0619 e. The van der Waals surface area contributed by atoms with Gasteiger partial charge in [0.15, 0.2) is 0 Å². The second-order valence-corrected chi connectivity index (χ2v) is 7.49. The molecule has 2 nitrogen and oxygen atoms in total. The SMILES string of the molecule is C=C/C=C\C(=C/CCN=C(P)C/C=C\C(C(C)C=C)C(C#CC)C=NC)C(=C)C. The van der Waals surface area contributed by atoms with Crippen LogP contribution in [0.3, 0.4) is 0 Å². The molecule has 0 aliphatic heterocycles. The molecule has 0 amide bonds. The first-order valence-corrected chi connectivity index (χ1v) is 10.6. The smallest absolute Gasteiger partial charge is 0.0619 e. The van der Waals surface area contributed by atoms with Crippen LogP contribution in [0.4, 0.5) is 0 Å². The van der Waals surface area contributed by atoms with Gasteiger partial charge in [0.25, 0.3) is 0 Å². The van der Waals surface area contributed by atoms with Gasteiger partial charge in [0.2, 0.25) is 0 Å². The Morgan fingerprint density at radius 2 is 2.00 bits per heavy atom. The van der Waals surface area contributed by atoms with Gasteiger partial charge in [-0.2, -0.15) is 0 Å². The molecule has 0 rings (SSSR count). The number of hydrogen-bond donors (Lipinski definition) is 0. The van der Waals surface area contributed by atoms with Crippen LogP contribution in [0.15, 0.2) is 83.4 Å². The predicted octanol–water partition coefficient (Wildman–Crippen LogP) is 6.62. The van der Waals surface area contributed by atoms with Crippen LogP contribution in [0.2, 0.25) is 0 Å². The lowest BCUT2D eigenvalue weighted by Crippen LogP contribution is -2.19. The average molecular weight is 409 g/mol. The van der Waals surface area contributed by atoms with Gasteiger partial charge in [0.05, 0.1) is 5.92 Å². The molecule has 0 aromatic heterocycles. The van der Waals surface area contributed by atoms with E-state index in [0.29, 0.717) is 5.92 Å². The molecule has 3 heteroatoms. The molecule has 0 aromatic carbocycles. The summed E-state index contributed by atoms with van der Waals surface area (Å²) in [6, 6.07) is 0. The van der Waals surface area contributed by atoms with Crippen LogP contribution in [0.25, 0.3) is 0 Å². The van der Waals surface area contributed by atoms with Crippen LogP contribution in [0, 0.1) is 29.6 Å². The Morgan fingerprint density at radius 1 is 1.28 bits per heavy atom. The standard InChI is InChI=1S/C26H37N2P/c1-8-11-15-23(21(4)5)16-13-19-28-26(29)18-12-17-25(22(6)10-3)24(14-9-2)20-27-7/h8,10-12,15-17,20,22,24-25H,1,3-4,13,18-19,29H2,2,5-7H3/b15-11-,17-12-,23-16+,27-20?,28-26?. The van der Waals surface area contributed by atoms with Crippen LogP contribution in [-0.4, -0.2) is 25.3 Å². The number of hydrogen-bond acceptors (Lipinski definition) is 2. The molecule has 29 heavy (non-hydrogen) atoms. The number of nitrogens with zero attached hydrogens (tertiary/aromatic N) is 2. The number of rotatable bonds is 13. The molecule has 0 aliphatic carbocycles. The fourth-order valence-electron chi connectivity index (χ4n) is 2.73. The minimum Gasteiger partial charge on any atom is -0.300 e. The lowest BCUT2D eigenvalue weighted by atomic mass is 9.82. The highest BCUT2D eigenvalue weighted by Crippen LogP contribution is 2.23. The van der Waals surface area contributed by atoms with Crippen molar-refractivity contribution in [2.24, 2.45) is 27.7 Å². The van der Waals surface area contributed by atoms with Gasteiger partial charge >= 0.3 is 0 Å². The quantitative estimate of drug-likeness (QED) is 0.0817. The molecule has 0 radical (unpaired) electrons. The van der Waals surface area contributed by atoms with Crippen molar-refractivity contribution in [3.05, 3.63) is 73.4 Å². The third-order valence-electron chi connectivity index (χ3n) is 4.41. The summed E-state index contributed by atoms with van der Waals surface area (Å²) >= 11 is 0. The van der Waals surface area contributed by atoms with Gasteiger partial charge in [-0.15, -0.1) is 12.5 Å². The van der Waals surface area contributed by atoms with Gasteiger partial charge < -0.3 is 0 Å². The molecule has 4 atom stereocenters. The molecule has 0 bridgehead atoms. The zero-order valence-corrected chi connectivity index (χ0v) is 19.7. The van der Waals surface area contributed by atoms with E-state index < -0.39 is 0 Å². The molecule has 0 saturated carbocycles. The van der Waals surface area contributed by atoms with E-state index >= 15 is 0 Å². The van der Waals surface area contributed by atoms with E-state index in [1.807, 2.05) is 38.3 Å². The van der Waals surface area contributed by atoms with Gasteiger partial charge in [0, 0.05) is 37.6 Å². The number of allylic oxidation sites excluding steroid dienone is 8. The van der Waals surface area contributed by atoms with Crippen LogP contribution >= 0.6 is 9.24 Å². The van der Waals surface area contributed by atoms with Crippen molar-refractivity contribution in [3.8, 4) is 11.8 Å². The monoisotopic (exact) mass is 408 g/mol. The summed E-state index contributed by atoms with van der Waals surface area (Å²) in [5, 5.41) is 0. The third kappa shape index (κ3) is 12.0. The Labute approximate surface area is 181 Å². The Morgan fingerprint density at radius 3 is 2.55 bits per heavy atom. The van der Waals surface area contributed by atoms with Gasteiger partial charge in [-0.25, -0.2) is 0 Å². The van der Waals surface area contributed by atoms with Crippen LogP contribution < -0.4 is 0 Å². The van der Waals surface area contributed by atoms with Gasteiger partial charge in [0.1, 0.15) is 0 Å². The molecule has 0 heterocycles. The second-order valence-electron chi connectivity index (χ2n) is 6.83. The second kappa shape index (κ2) is 16.7. The molecule has 0 fully saturated rings. The van der Waals surface area contributed by atoms with Gasteiger partial charge in [-0.1, -0.05) is 83.3 Å². The van der Waals surface area contributed by atoms with E-state index in [1.165, 1.54) is 0 Å². The average Bonchev–Trinajstić information content (AvgIpc) is 2.69. The minimum atomic E-state index is 0.0912. The Hall–Kier alpha value is -2.23. The van der Waals surface area contributed by atoms with Crippen LogP contribution in [0.1, 0.15) is 33.6 Å². The van der Waals surface area contributed by atoms with Crippen molar-refractivity contribution in [1.29, 1.82) is 0 Å². The van der Waals surface area contributed by atoms with E-state index in [1.54, 1.807) is 13.1 Å². The first-order valence-electron chi connectivity index (χ1n) is 9.98. The highest BCUT2D eigenvalue weighted by molar-refractivity contribution is 7.40. The molecule has 156 valence electrons. The minimum absolute atomic E-state index is 0.0912. The lowest BCUT2D eigenvalue weighted by Gasteiger charge is -2.21. The molecule has 0 spiro atoms. The largest absolute Gasteiger partial charge is 0.300 e. The van der Waals surface area contributed by atoms with Crippen molar-refractivity contribution in [2.45, 2.75) is 33.6 Å².